The minimum Gasteiger partial charge on any atom is -0.327 e. The molecule has 0 aliphatic heterocycles. The Bertz CT molecular complexity index is 168. The van der Waals surface area contributed by atoms with Gasteiger partial charge in [-0.2, -0.15) is 0 Å². The molecule has 82 valence electrons. The van der Waals surface area contributed by atoms with Gasteiger partial charge < -0.3 is 5.73 Å². The molecule has 1 nitrogen and oxygen atoms in total. The van der Waals surface area contributed by atoms with Crippen LogP contribution in [0.5, 0.6) is 0 Å². The van der Waals surface area contributed by atoms with Gasteiger partial charge in [0, 0.05) is 6.04 Å². The van der Waals surface area contributed by atoms with Crippen molar-refractivity contribution in [3.05, 3.63) is 12.2 Å². The van der Waals surface area contributed by atoms with Gasteiger partial charge in [0.15, 0.2) is 0 Å². The van der Waals surface area contributed by atoms with E-state index in [2.05, 4.69) is 13.5 Å². The molecule has 1 atom stereocenters. The molecule has 0 aromatic heterocycles. The first kappa shape index (κ1) is 11.8. The van der Waals surface area contributed by atoms with Gasteiger partial charge in [-0.1, -0.05) is 51.2 Å². The van der Waals surface area contributed by atoms with Gasteiger partial charge in [-0.3, -0.25) is 0 Å². The minimum atomic E-state index is 0.366. The van der Waals surface area contributed by atoms with E-state index in [9.17, 15) is 0 Å². The van der Waals surface area contributed by atoms with Gasteiger partial charge in [-0.05, 0) is 25.2 Å². The molecule has 0 radical (unpaired) electrons. The van der Waals surface area contributed by atoms with Crippen molar-refractivity contribution >= 4 is 0 Å². The first-order valence-electron chi connectivity index (χ1n) is 6.14. The molecule has 0 spiro atoms. The van der Waals surface area contributed by atoms with Crippen LogP contribution >= 0.6 is 0 Å². The maximum absolute atomic E-state index is 6.12. The highest BCUT2D eigenvalue weighted by atomic mass is 14.6. The minimum absolute atomic E-state index is 0.366. The molecule has 14 heavy (non-hydrogen) atoms. The zero-order valence-electron chi connectivity index (χ0n) is 9.60. The van der Waals surface area contributed by atoms with Crippen LogP contribution in [0.2, 0.25) is 0 Å². The maximum atomic E-state index is 6.12. The summed E-state index contributed by atoms with van der Waals surface area (Å²) in [5.41, 5.74) is 7.43. The van der Waals surface area contributed by atoms with Gasteiger partial charge >= 0.3 is 0 Å². The van der Waals surface area contributed by atoms with E-state index in [1.807, 2.05) is 0 Å². The molecule has 0 amide bonds. The Kier molecular flexibility index (Phi) is 5.24. The average molecular weight is 195 g/mol. The van der Waals surface area contributed by atoms with Crippen LogP contribution in [-0.2, 0) is 0 Å². The van der Waals surface area contributed by atoms with E-state index < -0.39 is 0 Å². The maximum Gasteiger partial charge on any atom is 0.00786 e. The molecule has 1 unspecified atom stereocenters. The highest BCUT2D eigenvalue weighted by molar-refractivity contribution is 4.96. The Morgan fingerprint density at radius 3 is 2.57 bits per heavy atom. The van der Waals surface area contributed by atoms with Gasteiger partial charge in [0.25, 0.3) is 0 Å². The predicted octanol–water partition coefficient (Wildman–Crippen LogP) is 3.64. The van der Waals surface area contributed by atoms with E-state index in [4.69, 9.17) is 5.73 Å². The average Bonchev–Trinajstić information content (AvgIpc) is 2.19. The molecule has 0 heterocycles. The van der Waals surface area contributed by atoms with E-state index in [0.29, 0.717) is 6.04 Å². The summed E-state index contributed by atoms with van der Waals surface area (Å²) in [7, 11) is 0. The first-order valence-corrected chi connectivity index (χ1v) is 6.14. The van der Waals surface area contributed by atoms with Crippen molar-refractivity contribution in [2.75, 3.05) is 0 Å². The Labute approximate surface area is 88.8 Å². The summed E-state index contributed by atoms with van der Waals surface area (Å²) >= 11 is 0. The molecule has 1 rings (SSSR count). The molecule has 0 aromatic carbocycles. The van der Waals surface area contributed by atoms with E-state index in [1.165, 1.54) is 44.1 Å². The smallest absolute Gasteiger partial charge is 0.00786 e. The van der Waals surface area contributed by atoms with Crippen LogP contribution in [0.4, 0.5) is 0 Å². The van der Waals surface area contributed by atoms with Gasteiger partial charge in [0.05, 0.1) is 0 Å². The predicted molar refractivity (Wildman–Crippen MR) is 63.2 cm³/mol. The van der Waals surface area contributed by atoms with Crippen LogP contribution in [0.25, 0.3) is 0 Å². The van der Waals surface area contributed by atoms with Crippen LogP contribution in [0.3, 0.4) is 0 Å². The molecule has 1 fully saturated rings. The lowest BCUT2D eigenvalue weighted by Crippen LogP contribution is -2.25. The third-order valence-electron chi connectivity index (χ3n) is 3.41. The molecule has 1 aliphatic rings. The third-order valence-corrected chi connectivity index (χ3v) is 3.41. The van der Waals surface area contributed by atoms with Crippen molar-refractivity contribution in [1.82, 2.24) is 0 Å². The highest BCUT2D eigenvalue weighted by Gasteiger charge is 2.16. The molecular weight excluding hydrogens is 170 g/mol. The third kappa shape index (κ3) is 4.28. The molecule has 2 N–H and O–H groups in total. The Morgan fingerprint density at radius 1 is 1.36 bits per heavy atom. The molecule has 1 heteroatoms. The van der Waals surface area contributed by atoms with Crippen LogP contribution < -0.4 is 5.73 Å². The number of hydrogen-bond acceptors (Lipinski definition) is 1. The molecular formula is C13H25N. The Balaban J connectivity index is 2.18. The van der Waals surface area contributed by atoms with Gasteiger partial charge in [-0.15, -0.1) is 0 Å². The van der Waals surface area contributed by atoms with Crippen molar-refractivity contribution < 1.29 is 0 Å². The lowest BCUT2D eigenvalue weighted by atomic mass is 9.84. The summed E-state index contributed by atoms with van der Waals surface area (Å²) in [5, 5.41) is 0. The molecule has 0 bridgehead atoms. The van der Waals surface area contributed by atoms with Crippen molar-refractivity contribution in [2.24, 2.45) is 11.7 Å². The van der Waals surface area contributed by atoms with Gasteiger partial charge in [0.2, 0.25) is 0 Å². The van der Waals surface area contributed by atoms with Crippen molar-refractivity contribution in [3.63, 3.8) is 0 Å². The van der Waals surface area contributed by atoms with Crippen LogP contribution in [0.1, 0.15) is 58.3 Å². The second-order valence-corrected chi connectivity index (χ2v) is 4.81. The largest absolute Gasteiger partial charge is 0.327 e. The SMILES string of the molecule is C=C(CC)CC(N)CC1CCCCC1. The fourth-order valence-electron chi connectivity index (χ4n) is 2.45. The van der Waals surface area contributed by atoms with Crippen LogP contribution in [0.15, 0.2) is 12.2 Å². The van der Waals surface area contributed by atoms with Crippen molar-refractivity contribution in [3.8, 4) is 0 Å². The fourth-order valence-corrected chi connectivity index (χ4v) is 2.45. The van der Waals surface area contributed by atoms with Crippen molar-refractivity contribution in [2.45, 2.75) is 64.3 Å². The first-order chi connectivity index (χ1) is 6.72. The fraction of sp³-hybridized carbons (Fsp3) is 0.846. The van der Waals surface area contributed by atoms with E-state index in [1.54, 1.807) is 0 Å². The summed E-state index contributed by atoms with van der Waals surface area (Å²) in [5.74, 6) is 0.906. The van der Waals surface area contributed by atoms with Gasteiger partial charge in [-0.25, -0.2) is 0 Å². The van der Waals surface area contributed by atoms with Crippen molar-refractivity contribution in [1.29, 1.82) is 0 Å². The second-order valence-electron chi connectivity index (χ2n) is 4.81. The van der Waals surface area contributed by atoms with E-state index in [0.717, 1.165) is 18.8 Å². The van der Waals surface area contributed by atoms with Gasteiger partial charge in [0.1, 0.15) is 0 Å². The topological polar surface area (TPSA) is 26.0 Å². The molecule has 0 aromatic rings. The zero-order chi connectivity index (χ0) is 10.4. The lowest BCUT2D eigenvalue weighted by molar-refractivity contribution is 0.316. The Morgan fingerprint density at radius 2 is 2.00 bits per heavy atom. The van der Waals surface area contributed by atoms with Crippen LogP contribution in [-0.4, -0.2) is 6.04 Å². The summed E-state index contributed by atoms with van der Waals surface area (Å²) in [6, 6.07) is 0.366. The number of nitrogens with two attached hydrogens (primary N) is 1. The second kappa shape index (κ2) is 6.23. The lowest BCUT2D eigenvalue weighted by Gasteiger charge is -2.24. The van der Waals surface area contributed by atoms with Crippen LogP contribution in [0, 0.1) is 5.92 Å². The highest BCUT2D eigenvalue weighted by Crippen LogP contribution is 2.28. The Hall–Kier alpha value is -0.300. The monoisotopic (exact) mass is 195 g/mol. The van der Waals surface area contributed by atoms with E-state index in [-0.39, 0.29) is 0 Å². The summed E-state index contributed by atoms with van der Waals surface area (Å²) in [6.07, 6.45) is 10.4. The summed E-state index contributed by atoms with van der Waals surface area (Å²) in [4.78, 5) is 0. The molecule has 1 saturated carbocycles. The van der Waals surface area contributed by atoms with E-state index >= 15 is 0 Å². The number of rotatable bonds is 5. The summed E-state index contributed by atoms with van der Waals surface area (Å²) in [6.45, 7) is 6.19. The quantitative estimate of drug-likeness (QED) is 0.666. The zero-order valence-corrected chi connectivity index (χ0v) is 9.60. The number of hydrogen-bond donors (Lipinski definition) is 1. The molecule has 0 saturated heterocycles. The normalized spacial score (nSPS) is 20.7. The summed E-state index contributed by atoms with van der Waals surface area (Å²) < 4.78 is 0. The standard InChI is InChI=1S/C13H25N/c1-3-11(2)9-13(14)10-12-7-5-4-6-8-12/h12-13H,2-10,14H2,1H3. The molecule has 1 aliphatic carbocycles.